The number of hydroxylamine groups is 2. The molecule has 1 N–H and O–H groups in total. The Morgan fingerprint density at radius 3 is 2.64 bits per heavy atom. The fourth-order valence-electron chi connectivity index (χ4n) is 0.711. The summed E-state index contributed by atoms with van der Waals surface area (Å²) in [4.78, 5) is 15.8. The highest BCUT2D eigenvalue weighted by atomic mass is 16.7. The van der Waals surface area contributed by atoms with Crippen molar-refractivity contribution in [2.24, 2.45) is 0 Å². The third kappa shape index (κ3) is 7.93. The molecule has 0 saturated carbocycles. The number of likely N-dealkylation sites (N-methyl/N-ethyl adjacent to an activating group) is 1. The normalized spacial score (nSPS) is 10.6. The Hall–Kier alpha value is -0.690. The number of rotatable bonds is 8. The molecule has 0 spiro atoms. The minimum atomic E-state index is -0.358. The number of nitrogens with zero attached hydrogens (tertiary/aromatic N) is 1. The first-order valence-electron chi connectivity index (χ1n) is 4.30. The molecule has 0 fully saturated rings. The largest absolute Gasteiger partial charge is 0.468 e. The van der Waals surface area contributed by atoms with E-state index in [1.807, 2.05) is 0 Å². The van der Waals surface area contributed by atoms with Crippen LogP contribution in [0.15, 0.2) is 0 Å². The van der Waals surface area contributed by atoms with E-state index in [2.05, 4.69) is 4.74 Å². The highest BCUT2D eigenvalue weighted by molar-refractivity contribution is 5.71. The zero-order chi connectivity index (χ0) is 10.8. The number of carbonyl (C=O) groups excluding carboxylic acids is 1. The van der Waals surface area contributed by atoms with Crippen LogP contribution in [0, 0.1) is 0 Å². The number of hydrogen-bond donors (Lipinski definition) is 1. The Labute approximate surface area is 83.3 Å². The van der Waals surface area contributed by atoms with Crippen molar-refractivity contribution >= 4 is 5.97 Å². The first kappa shape index (κ1) is 13.3. The van der Waals surface area contributed by atoms with Gasteiger partial charge in [0.15, 0.2) is 0 Å². The Morgan fingerprint density at radius 2 is 2.07 bits per heavy atom. The molecule has 0 heterocycles. The van der Waals surface area contributed by atoms with Crippen LogP contribution in [0.25, 0.3) is 0 Å². The fourth-order valence-corrected chi connectivity index (χ4v) is 0.711. The van der Waals surface area contributed by atoms with E-state index in [1.165, 1.54) is 12.2 Å². The summed E-state index contributed by atoms with van der Waals surface area (Å²) < 4.78 is 9.39. The van der Waals surface area contributed by atoms with Gasteiger partial charge in [-0.25, -0.2) is 0 Å². The third-order valence-corrected chi connectivity index (χ3v) is 1.35. The maximum Gasteiger partial charge on any atom is 0.322 e. The lowest BCUT2D eigenvalue weighted by molar-refractivity contribution is -0.173. The van der Waals surface area contributed by atoms with Crippen LogP contribution >= 0.6 is 0 Å². The second-order valence-electron chi connectivity index (χ2n) is 2.53. The van der Waals surface area contributed by atoms with Crippen molar-refractivity contribution in [1.82, 2.24) is 5.06 Å². The average Bonchev–Trinajstić information content (AvgIpc) is 2.17. The van der Waals surface area contributed by atoms with Crippen LogP contribution in [0.1, 0.15) is 0 Å². The summed E-state index contributed by atoms with van der Waals surface area (Å²) >= 11 is 0. The maximum absolute atomic E-state index is 10.7. The Balaban J connectivity index is 3.26. The smallest absolute Gasteiger partial charge is 0.322 e. The molecule has 0 saturated heterocycles. The van der Waals surface area contributed by atoms with Gasteiger partial charge in [0.25, 0.3) is 0 Å². The zero-order valence-electron chi connectivity index (χ0n) is 8.56. The molecule has 0 rings (SSSR count). The second kappa shape index (κ2) is 8.89. The molecule has 0 unspecified atom stereocenters. The van der Waals surface area contributed by atoms with E-state index in [0.717, 1.165) is 0 Å². The van der Waals surface area contributed by atoms with E-state index >= 15 is 0 Å². The molecule has 0 bridgehead atoms. The number of aliphatic hydroxyl groups is 1. The van der Waals surface area contributed by atoms with Gasteiger partial charge in [0, 0.05) is 7.05 Å². The molecule has 0 amide bonds. The van der Waals surface area contributed by atoms with Crippen molar-refractivity contribution in [2.45, 2.75) is 0 Å². The summed E-state index contributed by atoms with van der Waals surface area (Å²) in [5.74, 6) is -0.358. The van der Waals surface area contributed by atoms with Gasteiger partial charge >= 0.3 is 5.97 Å². The molecule has 84 valence electrons. The van der Waals surface area contributed by atoms with E-state index in [4.69, 9.17) is 14.7 Å². The lowest BCUT2D eigenvalue weighted by Gasteiger charge is -2.14. The Bertz CT molecular complexity index is 153. The summed E-state index contributed by atoms with van der Waals surface area (Å²) in [6.07, 6.45) is 0. The predicted octanol–water partition coefficient (Wildman–Crippen LogP) is -0.968. The Kier molecular flexibility index (Phi) is 8.45. The minimum absolute atomic E-state index is 0.00198. The number of aliphatic hydroxyl groups excluding tert-OH is 1. The lowest BCUT2D eigenvalue weighted by Crippen LogP contribution is -2.28. The molecule has 6 nitrogen and oxygen atoms in total. The number of ether oxygens (including phenoxy) is 2. The fraction of sp³-hybridized carbons (Fsp3) is 0.875. The van der Waals surface area contributed by atoms with E-state index in [0.29, 0.717) is 19.8 Å². The summed E-state index contributed by atoms with van der Waals surface area (Å²) in [6, 6.07) is 0. The number of hydrogen-bond acceptors (Lipinski definition) is 6. The van der Waals surface area contributed by atoms with Crippen LogP contribution in [0.2, 0.25) is 0 Å². The van der Waals surface area contributed by atoms with Crippen molar-refractivity contribution in [1.29, 1.82) is 0 Å². The van der Waals surface area contributed by atoms with E-state index in [1.54, 1.807) is 7.05 Å². The zero-order valence-corrected chi connectivity index (χ0v) is 8.56. The molecule has 0 aromatic rings. The average molecular weight is 207 g/mol. The summed E-state index contributed by atoms with van der Waals surface area (Å²) in [7, 11) is 2.95. The van der Waals surface area contributed by atoms with Crippen LogP contribution in [-0.2, 0) is 19.1 Å². The quantitative estimate of drug-likeness (QED) is 0.314. The van der Waals surface area contributed by atoms with Gasteiger partial charge in [-0.2, -0.15) is 5.06 Å². The molecular formula is C8H17NO5. The molecule has 0 aromatic heterocycles. The SMILES string of the molecule is COC(=O)CN(C)OCCOCCO. The molecule has 0 aromatic carbocycles. The van der Waals surface area contributed by atoms with Crippen LogP contribution in [0.3, 0.4) is 0 Å². The topological polar surface area (TPSA) is 68.2 Å². The monoisotopic (exact) mass is 207 g/mol. The molecule has 0 aliphatic heterocycles. The van der Waals surface area contributed by atoms with Gasteiger partial charge in [0.1, 0.15) is 6.54 Å². The molecular weight excluding hydrogens is 190 g/mol. The first-order chi connectivity index (χ1) is 6.70. The van der Waals surface area contributed by atoms with Gasteiger partial charge in [-0.3, -0.25) is 9.63 Å². The van der Waals surface area contributed by atoms with E-state index in [9.17, 15) is 4.79 Å². The van der Waals surface area contributed by atoms with Crippen molar-refractivity contribution in [3.05, 3.63) is 0 Å². The van der Waals surface area contributed by atoms with Crippen LogP contribution in [0.4, 0.5) is 0 Å². The number of methoxy groups -OCH3 is 1. The molecule has 0 radical (unpaired) electrons. The first-order valence-corrected chi connectivity index (χ1v) is 4.30. The van der Waals surface area contributed by atoms with Crippen molar-refractivity contribution in [2.75, 3.05) is 47.1 Å². The third-order valence-electron chi connectivity index (χ3n) is 1.35. The molecule has 0 aliphatic carbocycles. The van der Waals surface area contributed by atoms with Gasteiger partial charge in [-0.05, 0) is 0 Å². The molecule has 0 atom stereocenters. The van der Waals surface area contributed by atoms with Crippen molar-refractivity contribution in [3.63, 3.8) is 0 Å². The van der Waals surface area contributed by atoms with Gasteiger partial charge in [0.05, 0.1) is 33.5 Å². The molecule has 0 aliphatic rings. The number of carbonyl (C=O) groups is 1. The van der Waals surface area contributed by atoms with Crippen molar-refractivity contribution in [3.8, 4) is 0 Å². The van der Waals surface area contributed by atoms with E-state index < -0.39 is 0 Å². The van der Waals surface area contributed by atoms with Gasteiger partial charge < -0.3 is 14.6 Å². The van der Waals surface area contributed by atoms with Crippen LogP contribution in [-0.4, -0.2) is 63.3 Å². The second-order valence-corrected chi connectivity index (χ2v) is 2.53. The standard InChI is InChI=1S/C8H17NO5/c1-9(7-8(11)12-2)14-6-5-13-4-3-10/h10H,3-7H2,1-2H3. The van der Waals surface area contributed by atoms with Crippen molar-refractivity contribution < 1.29 is 24.2 Å². The van der Waals surface area contributed by atoms with Crippen LogP contribution < -0.4 is 0 Å². The summed E-state index contributed by atoms with van der Waals surface area (Å²) in [5, 5.41) is 9.76. The summed E-state index contributed by atoms with van der Waals surface area (Å²) in [6.45, 7) is 1.10. The van der Waals surface area contributed by atoms with Crippen LogP contribution in [0.5, 0.6) is 0 Å². The van der Waals surface area contributed by atoms with E-state index in [-0.39, 0.29) is 19.1 Å². The minimum Gasteiger partial charge on any atom is -0.468 e. The van der Waals surface area contributed by atoms with Gasteiger partial charge in [-0.15, -0.1) is 0 Å². The summed E-state index contributed by atoms with van der Waals surface area (Å²) in [5.41, 5.74) is 0. The van der Waals surface area contributed by atoms with Gasteiger partial charge in [0.2, 0.25) is 0 Å². The highest BCUT2D eigenvalue weighted by Crippen LogP contribution is 1.87. The lowest BCUT2D eigenvalue weighted by atomic mass is 10.6. The van der Waals surface area contributed by atoms with Gasteiger partial charge in [-0.1, -0.05) is 0 Å². The highest BCUT2D eigenvalue weighted by Gasteiger charge is 2.05. The molecule has 14 heavy (non-hydrogen) atoms. The number of esters is 1. The Morgan fingerprint density at radius 1 is 1.36 bits per heavy atom. The maximum atomic E-state index is 10.7. The molecule has 6 heteroatoms. The predicted molar refractivity (Wildman–Crippen MR) is 48.5 cm³/mol.